The summed E-state index contributed by atoms with van der Waals surface area (Å²) in [7, 11) is 4.87. The van der Waals surface area contributed by atoms with Crippen molar-refractivity contribution in [1.29, 1.82) is 0 Å². The summed E-state index contributed by atoms with van der Waals surface area (Å²) in [6.45, 7) is 1.79. The van der Waals surface area contributed by atoms with E-state index in [9.17, 15) is 4.79 Å². The fourth-order valence-corrected chi connectivity index (χ4v) is 4.36. The Hall–Kier alpha value is -2.93. The summed E-state index contributed by atoms with van der Waals surface area (Å²) >= 11 is 0. The smallest absolute Gasteiger partial charge is 0.309 e. The Morgan fingerprint density at radius 3 is 2.12 bits per heavy atom. The molecule has 2 aromatic rings. The lowest BCUT2D eigenvalue weighted by Crippen LogP contribution is -2.20. The van der Waals surface area contributed by atoms with Gasteiger partial charge in [0, 0.05) is 5.92 Å². The summed E-state index contributed by atoms with van der Waals surface area (Å²) in [5.74, 6) is 2.49. The molecule has 2 atom stereocenters. The van der Waals surface area contributed by atoms with Crippen LogP contribution in [0.1, 0.15) is 36.8 Å². The van der Waals surface area contributed by atoms with Crippen LogP contribution in [0.15, 0.2) is 36.4 Å². The zero-order chi connectivity index (χ0) is 24.3. The average molecular weight is 472 g/mol. The van der Waals surface area contributed by atoms with Gasteiger partial charge in [0.15, 0.2) is 23.0 Å². The number of cyclic esters (lactones) is 1. The third-order valence-corrected chi connectivity index (χ3v) is 6.30. The molecule has 0 aromatic heterocycles. The first kappa shape index (κ1) is 25.7. The highest BCUT2D eigenvalue weighted by Gasteiger charge is 2.37. The highest BCUT2D eigenvalue weighted by molar-refractivity contribution is 5.75. The Balaban J connectivity index is 1.63. The predicted octanol–water partition coefficient (Wildman–Crippen LogP) is 4.18. The number of ether oxygens (including phenoxy) is 5. The average Bonchev–Trinajstić information content (AvgIpc) is 3.20. The van der Waals surface area contributed by atoms with E-state index in [1.807, 2.05) is 36.4 Å². The van der Waals surface area contributed by atoms with Gasteiger partial charge in [-0.15, -0.1) is 0 Å². The summed E-state index contributed by atoms with van der Waals surface area (Å²) in [5, 5.41) is 0. The lowest BCUT2D eigenvalue weighted by molar-refractivity contribution is -0.141. The van der Waals surface area contributed by atoms with Crippen molar-refractivity contribution in [1.82, 2.24) is 0 Å². The number of benzene rings is 2. The van der Waals surface area contributed by atoms with Gasteiger partial charge < -0.3 is 29.4 Å². The fraction of sp³-hybridized carbons (Fsp3) is 0.519. The summed E-state index contributed by atoms with van der Waals surface area (Å²) in [4.78, 5) is 12.5. The quantitative estimate of drug-likeness (QED) is 0.326. The molecule has 2 N–H and O–H groups in total. The van der Waals surface area contributed by atoms with Crippen molar-refractivity contribution in [2.45, 2.75) is 38.5 Å². The molecule has 1 fully saturated rings. The van der Waals surface area contributed by atoms with Crippen LogP contribution in [0.4, 0.5) is 0 Å². The van der Waals surface area contributed by atoms with Crippen molar-refractivity contribution >= 4 is 5.97 Å². The van der Waals surface area contributed by atoms with E-state index in [4.69, 9.17) is 29.4 Å². The number of carbonyl (C=O) groups excluding carboxylic acids is 1. The van der Waals surface area contributed by atoms with Gasteiger partial charge in [0.25, 0.3) is 0 Å². The number of nitrogens with two attached hydrogens (primary N) is 1. The molecular weight excluding hydrogens is 434 g/mol. The largest absolute Gasteiger partial charge is 0.493 e. The summed E-state index contributed by atoms with van der Waals surface area (Å²) < 4.78 is 27.7. The molecule has 0 aliphatic carbocycles. The van der Waals surface area contributed by atoms with Crippen LogP contribution in [0.2, 0.25) is 0 Å². The molecule has 2 aromatic carbocycles. The van der Waals surface area contributed by atoms with Gasteiger partial charge in [0.1, 0.15) is 0 Å². The van der Waals surface area contributed by atoms with E-state index < -0.39 is 0 Å². The number of rotatable bonds is 14. The Kier molecular flexibility index (Phi) is 9.89. The maximum Gasteiger partial charge on any atom is 0.309 e. The first-order valence-electron chi connectivity index (χ1n) is 12.0. The van der Waals surface area contributed by atoms with Gasteiger partial charge >= 0.3 is 5.97 Å². The standard InChI is InChI=1S/C27H37NO6/c1-30-23-10-8-19(16-25(23)31-2)14-21-18-34-27(29)22(21)15-20-9-11-24(26(17-20)32-3)33-13-7-5-4-6-12-28/h8-11,16-17,21-22H,4-7,12-15,18,28H2,1-3H3/t21?,22-/m1/s1. The van der Waals surface area contributed by atoms with Gasteiger partial charge in [-0.25, -0.2) is 0 Å². The zero-order valence-electron chi connectivity index (χ0n) is 20.5. The minimum Gasteiger partial charge on any atom is -0.493 e. The summed E-state index contributed by atoms with van der Waals surface area (Å²) in [5.41, 5.74) is 7.64. The van der Waals surface area contributed by atoms with Crippen molar-refractivity contribution in [2.75, 3.05) is 41.1 Å². The Morgan fingerprint density at radius 1 is 0.824 bits per heavy atom. The van der Waals surface area contributed by atoms with Crippen molar-refractivity contribution in [3.05, 3.63) is 47.5 Å². The first-order chi connectivity index (χ1) is 16.6. The first-order valence-corrected chi connectivity index (χ1v) is 12.0. The lowest BCUT2D eigenvalue weighted by atomic mass is 9.85. The number of hydrogen-bond donors (Lipinski definition) is 1. The molecule has 3 rings (SSSR count). The van der Waals surface area contributed by atoms with E-state index in [0.717, 1.165) is 55.5 Å². The molecule has 0 radical (unpaired) electrons. The molecule has 0 bridgehead atoms. The van der Waals surface area contributed by atoms with Crippen LogP contribution in [0.5, 0.6) is 23.0 Å². The SMILES string of the molecule is COc1ccc(CC2COC(=O)[C@@H]2Cc2ccc(OCCCCCCN)c(OC)c2)cc1OC. The van der Waals surface area contributed by atoms with Crippen LogP contribution in [-0.4, -0.2) is 47.1 Å². The fourth-order valence-electron chi connectivity index (χ4n) is 4.36. The minimum absolute atomic E-state index is 0.0843. The summed E-state index contributed by atoms with van der Waals surface area (Å²) in [6, 6.07) is 11.8. The molecule has 186 valence electrons. The van der Waals surface area contributed by atoms with Crippen LogP contribution >= 0.6 is 0 Å². The van der Waals surface area contributed by atoms with Gasteiger partial charge in [-0.1, -0.05) is 25.0 Å². The molecule has 1 unspecified atom stereocenters. The monoisotopic (exact) mass is 471 g/mol. The van der Waals surface area contributed by atoms with E-state index in [2.05, 4.69) is 0 Å². The van der Waals surface area contributed by atoms with Crippen LogP contribution in [-0.2, 0) is 22.4 Å². The number of carbonyl (C=O) groups is 1. The molecule has 1 aliphatic heterocycles. The number of esters is 1. The molecule has 0 spiro atoms. The molecule has 1 heterocycles. The second-order valence-corrected chi connectivity index (χ2v) is 8.63. The van der Waals surface area contributed by atoms with Crippen LogP contribution in [0.3, 0.4) is 0 Å². The molecule has 0 saturated carbocycles. The lowest BCUT2D eigenvalue weighted by Gasteiger charge is -2.18. The van der Waals surface area contributed by atoms with Gasteiger partial charge in [-0.05, 0) is 67.6 Å². The van der Waals surface area contributed by atoms with Gasteiger partial charge in [0.05, 0.1) is 40.5 Å². The maximum absolute atomic E-state index is 12.5. The highest BCUT2D eigenvalue weighted by atomic mass is 16.5. The van der Waals surface area contributed by atoms with E-state index in [1.165, 1.54) is 0 Å². The van der Waals surface area contributed by atoms with Gasteiger partial charge in [-0.3, -0.25) is 4.79 Å². The van der Waals surface area contributed by atoms with Crippen molar-refractivity contribution in [2.24, 2.45) is 17.6 Å². The van der Waals surface area contributed by atoms with Crippen molar-refractivity contribution in [3.63, 3.8) is 0 Å². The molecule has 7 nitrogen and oxygen atoms in total. The van der Waals surface area contributed by atoms with Gasteiger partial charge in [-0.2, -0.15) is 0 Å². The molecule has 7 heteroatoms. The van der Waals surface area contributed by atoms with E-state index in [1.54, 1.807) is 21.3 Å². The van der Waals surface area contributed by atoms with Crippen LogP contribution in [0, 0.1) is 11.8 Å². The zero-order valence-corrected chi connectivity index (χ0v) is 20.5. The number of unbranched alkanes of at least 4 members (excludes halogenated alkanes) is 3. The molecule has 0 amide bonds. The maximum atomic E-state index is 12.5. The van der Waals surface area contributed by atoms with Crippen molar-refractivity contribution < 1.29 is 28.5 Å². The summed E-state index contributed by atoms with van der Waals surface area (Å²) in [6.07, 6.45) is 5.57. The Morgan fingerprint density at radius 2 is 1.44 bits per heavy atom. The molecular formula is C27H37NO6. The van der Waals surface area contributed by atoms with E-state index in [-0.39, 0.29) is 17.8 Å². The third-order valence-electron chi connectivity index (χ3n) is 6.30. The Bertz CT molecular complexity index is 931. The number of hydrogen-bond acceptors (Lipinski definition) is 7. The van der Waals surface area contributed by atoms with Crippen LogP contribution < -0.4 is 24.7 Å². The second kappa shape index (κ2) is 13.1. The van der Waals surface area contributed by atoms with Crippen LogP contribution in [0.25, 0.3) is 0 Å². The second-order valence-electron chi connectivity index (χ2n) is 8.63. The van der Waals surface area contributed by atoms with Crippen molar-refractivity contribution in [3.8, 4) is 23.0 Å². The topological polar surface area (TPSA) is 89.2 Å². The van der Waals surface area contributed by atoms with E-state index >= 15 is 0 Å². The normalized spacial score (nSPS) is 17.4. The van der Waals surface area contributed by atoms with Gasteiger partial charge in [0.2, 0.25) is 0 Å². The predicted molar refractivity (Wildman–Crippen MR) is 131 cm³/mol. The molecule has 1 aliphatic rings. The van der Waals surface area contributed by atoms with E-state index in [0.29, 0.717) is 36.9 Å². The highest BCUT2D eigenvalue weighted by Crippen LogP contribution is 2.35. The minimum atomic E-state index is -0.216. The number of methoxy groups -OCH3 is 3. The third kappa shape index (κ3) is 6.79. The Labute approximate surface area is 202 Å². The molecule has 34 heavy (non-hydrogen) atoms. The molecule has 1 saturated heterocycles.